The molecule has 0 amide bonds. The van der Waals surface area contributed by atoms with E-state index in [1.165, 1.54) is 10.1 Å². The summed E-state index contributed by atoms with van der Waals surface area (Å²) in [5.74, 6) is 2.04. The molecule has 3 heterocycles. The largest absolute Gasteiger partial charge is 0.510 e. The van der Waals surface area contributed by atoms with E-state index in [2.05, 4.69) is 59.5 Å². The van der Waals surface area contributed by atoms with E-state index in [9.17, 15) is 0 Å². The molecule has 7 rings (SSSR count). The van der Waals surface area contributed by atoms with Crippen molar-refractivity contribution in [3.63, 3.8) is 0 Å². The van der Waals surface area contributed by atoms with Gasteiger partial charge in [-0.05, 0) is 60.9 Å². The molecule has 2 aromatic heterocycles. The maximum atomic E-state index is 6.46. The predicted octanol–water partition coefficient (Wildman–Crippen LogP) is 8.65. The average Bonchev–Trinajstić information content (AvgIpc) is 3.58. The Morgan fingerprint density at radius 1 is 0.825 bits per heavy atom. The van der Waals surface area contributed by atoms with E-state index >= 15 is 0 Å². The summed E-state index contributed by atoms with van der Waals surface area (Å²) in [6, 6.07) is 39.7. The van der Waals surface area contributed by atoms with Crippen molar-refractivity contribution < 1.29 is 25.8 Å². The van der Waals surface area contributed by atoms with Crippen LogP contribution in [0.2, 0.25) is 0 Å². The summed E-state index contributed by atoms with van der Waals surface area (Å²) in [6.45, 7) is 1.99. The molecule has 0 N–H and O–H groups in total. The van der Waals surface area contributed by atoms with Crippen molar-refractivity contribution in [1.29, 1.82) is 0 Å². The third-order valence-corrected chi connectivity index (χ3v) is 7.70. The minimum Gasteiger partial charge on any atom is -0.510 e. The second-order valence-corrected chi connectivity index (χ2v) is 10.2. The van der Waals surface area contributed by atoms with E-state index in [1.54, 1.807) is 11.3 Å². The Bertz CT molecular complexity index is 1770. The molecular formula is C33H23N4OPtS-3. The number of aromatic nitrogens is 1. The number of anilines is 4. The minimum absolute atomic E-state index is 0. The molecule has 0 saturated heterocycles. The molecule has 40 heavy (non-hydrogen) atoms. The Labute approximate surface area is 251 Å². The molecule has 0 unspecified atom stereocenters. The third-order valence-electron chi connectivity index (χ3n) is 6.50. The minimum atomic E-state index is 0. The maximum Gasteiger partial charge on any atom is 0.135 e. The molecule has 0 spiro atoms. The molecule has 0 aliphatic carbocycles. The molecule has 4 aromatic carbocycles. The van der Waals surface area contributed by atoms with Crippen LogP contribution in [0, 0.1) is 18.8 Å². The van der Waals surface area contributed by atoms with E-state index in [0.717, 1.165) is 33.0 Å². The van der Waals surface area contributed by atoms with Crippen LogP contribution in [0.25, 0.3) is 20.2 Å². The van der Waals surface area contributed by atoms with Crippen LogP contribution in [-0.4, -0.2) is 16.9 Å². The monoisotopic (exact) mass is 718 g/mol. The molecule has 7 heteroatoms. The standard InChI is InChI=1S/C33H23N4OS.Pt/c1-35-18-19-36(23-35)25-12-9-13-26(20-25)38-27-21-29-28-14-5-6-15-31(28)39-33(29)30(22-27)37(24-10-3-2-4-11-24)32-16-7-8-17-34-32;/h2-19,21,23H,1H3;/q-3;. The molecule has 0 radical (unpaired) electrons. The molecule has 0 bridgehead atoms. The molecule has 1 aliphatic heterocycles. The van der Waals surface area contributed by atoms with Crippen LogP contribution in [0.5, 0.6) is 11.5 Å². The van der Waals surface area contributed by atoms with Gasteiger partial charge in [0, 0.05) is 49.1 Å². The molecule has 0 saturated carbocycles. The van der Waals surface area contributed by atoms with E-state index in [1.807, 2.05) is 96.7 Å². The number of ether oxygens (including phenoxy) is 1. The molecule has 0 fully saturated rings. The summed E-state index contributed by atoms with van der Waals surface area (Å²) in [6.07, 6.45) is 5.80. The number of nitrogens with zero attached hydrogens (tertiary/aromatic N) is 4. The van der Waals surface area contributed by atoms with Gasteiger partial charge in [0.25, 0.3) is 0 Å². The first-order valence-electron chi connectivity index (χ1n) is 12.6. The number of fused-ring (bicyclic) bond motifs is 3. The summed E-state index contributed by atoms with van der Waals surface area (Å²) in [4.78, 5) is 10.9. The Kier molecular flexibility index (Phi) is 7.29. The second kappa shape index (κ2) is 11.2. The fourth-order valence-corrected chi connectivity index (χ4v) is 5.91. The van der Waals surface area contributed by atoms with E-state index in [0.29, 0.717) is 11.5 Å². The summed E-state index contributed by atoms with van der Waals surface area (Å²) >= 11 is 1.75. The van der Waals surface area contributed by atoms with Crippen LogP contribution in [0.15, 0.2) is 116 Å². The summed E-state index contributed by atoms with van der Waals surface area (Å²) in [5, 5.41) is 2.30. The molecular weight excluding hydrogens is 696 g/mol. The zero-order chi connectivity index (χ0) is 26.2. The predicted molar refractivity (Wildman–Crippen MR) is 160 cm³/mol. The van der Waals surface area contributed by atoms with Crippen LogP contribution in [0.3, 0.4) is 0 Å². The van der Waals surface area contributed by atoms with Crippen molar-refractivity contribution >= 4 is 54.4 Å². The molecule has 1 aliphatic rings. The Hall–Kier alpha value is -4.12. The van der Waals surface area contributed by atoms with Crippen molar-refractivity contribution in [2.75, 3.05) is 16.8 Å². The van der Waals surface area contributed by atoms with Crippen LogP contribution < -0.4 is 14.5 Å². The molecule has 0 atom stereocenters. The van der Waals surface area contributed by atoms with Gasteiger partial charge in [0.05, 0.1) is 0 Å². The van der Waals surface area contributed by atoms with Gasteiger partial charge in [-0.1, -0.05) is 47.2 Å². The first-order chi connectivity index (χ1) is 19.2. The smallest absolute Gasteiger partial charge is 0.135 e. The molecule has 6 aromatic rings. The van der Waals surface area contributed by atoms with Gasteiger partial charge in [-0.15, -0.1) is 41.4 Å². The van der Waals surface area contributed by atoms with Gasteiger partial charge in [-0.25, -0.2) is 16.3 Å². The van der Waals surface area contributed by atoms with Gasteiger partial charge in [0.15, 0.2) is 0 Å². The van der Waals surface area contributed by atoms with Crippen LogP contribution in [0.1, 0.15) is 0 Å². The van der Waals surface area contributed by atoms with Gasteiger partial charge < -0.3 is 19.4 Å². The number of para-hydroxylation sites is 1. The number of benzene rings is 4. The number of hydrogen-bond acceptors (Lipinski definition) is 6. The topological polar surface area (TPSA) is 31.8 Å². The maximum absolute atomic E-state index is 6.46. The normalized spacial score (nSPS) is 12.6. The summed E-state index contributed by atoms with van der Waals surface area (Å²) in [7, 11) is 1.99. The average molecular weight is 719 g/mol. The van der Waals surface area contributed by atoms with Crippen LogP contribution >= 0.6 is 11.3 Å². The van der Waals surface area contributed by atoms with Crippen molar-refractivity contribution in [3.8, 4) is 11.5 Å². The third kappa shape index (κ3) is 4.97. The zero-order valence-corrected chi connectivity index (χ0v) is 24.6. The Morgan fingerprint density at radius 3 is 2.45 bits per heavy atom. The van der Waals surface area contributed by atoms with Gasteiger partial charge in [0.1, 0.15) is 5.82 Å². The summed E-state index contributed by atoms with van der Waals surface area (Å²) in [5.41, 5.74) is 2.79. The van der Waals surface area contributed by atoms with Crippen LogP contribution in [-0.2, 0) is 21.1 Å². The molecule has 200 valence electrons. The van der Waals surface area contributed by atoms with Gasteiger partial charge in [-0.3, -0.25) is 0 Å². The number of pyridine rings is 1. The number of rotatable bonds is 6. The Morgan fingerprint density at radius 2 is 1.65 bits per heavy atom. The quantitative estimate of drug-likeness (QED) is 0.161. The van der Waals surface area contributed by atoms with Gasteiger partial charge in [0.2, 0.25) is 0 Å². The van der Waals surface area contributed by atoms with Crippen LogP contribution in [0.4, 0.5) is 22.9 Å². The number of thiophene rings is 1. The fourth-order valence-electron chi connectivity index (χ4n) is 4.73. The van der Waals surface area contributed by atoms with E-state index < -0.39 is 0 Å². The van der Waals surface area contributed by atoms with E-state index in [4.69, 9.17) is 9.72 Å². The molecule has 5 nitrogen and oxygen atoms in total. The number of hydrogen-bond donors (Lipinski definition) is 0. The van der Waals surface area contributed by atoms with Crippen molar-refractivity contribution in [1.82, 2.24) is 9.88 Å². The second-order valence-electron chi connectivity index (χ2n) is 9.17. The van der Waals surface area contributed by atoms with Crippen molar-refractivity contribution in [3.05, 3.63) is 134 Å². The Balaban J connectivity index is 0.00000289. The van der Waals surface area contributed by atoms with Crippen molar-refractivity contribution in [2.24, 2.45) is 0 Å². The first kappa shape index (κ1) is 26.1. The first-order valence-corrected chi connectivity index (χ1v) is 13.4. The zero-order valence-electron chi connectivity index (χ0n) is 21.5. The SMILES string of the molecule is CN1C=CN(c2[c-]c(Oc3[c-]c(N(c4ccccc4)c4ccccn4)c4sc5ccccc5c4c3)ccc2)[CH-]1.[Pt]. The summed E-state index contributed by atoms with van der Waals surface area (Å²) < 4.78 is 8.79. The van der Waals surface area contributed by atoms with E-state index in [-0.39, 0.29) is 21.1 Å². The fraction of sp³-hybridized carbons (Fsp3) is 0.0303. The van der Waals surface area contributed by atoms with Gasteiger partial charge in [-0.2, -0.15) is 12.7 Å². The van der Waals surface area contributed by atoms with Crippen molar-refractivity contribution in [2.45, 2.75) is 0 Å². The van der Waals surface area contributed by atoms with Gasteiger partial charge >= 0.3 is 0 Å².